The van der Waals surface area contributed by atoms with Gasteiger partial charge in [0.15, 0.2) is 0 Å². The van der Waals surface area contributed by atoms with Crippen molar-refractivity contribution in [3.8, 4) is 17.0 Å². The highest BCUT2D eigenvalue weighted by molar-refractivity contribution is 5.75. The summed E-state index contributed by atoms with van der Waals surface area (Å²) in [6.45, 7) is 2.17. The van der Waals surface area contributed by atoms with Gasteiger partial charge in [0.2, 0.25) is 0 Å². The summed E-state index contributed by atoms with van der Waals surface area (Å²) < 4.78 is 7.31. The van der Waals surface area contributed by atoms with E-state index in [0.29, 0.717) is 5.82 Å². The summed E-state index contributed by atoms with van der Waals surface area (Å²) in [7, 11) is 3.58. The molecule has 0 radical (unpaired) electrons. The molecule has 0 saturated heterocycles. The third-order valence-electron chi connectivity index (χ3n) is 4.28. The summed E-state index contributed by atoms with van der Waals surface area (Å²) in [5.41, 5.74) is 12.1. The number of fused-ring (bicyclic) bond motifs is 1. The molecular formula is C16H21N3O. The number of ether oxygens (including phenoxy) is 1. The van der Waals surface area contributed by atoms with Gasteiger partial charge in [0.05, 0.1) is 12.8 Å². The average molecular weight is 271 g/mol. The van der Waals surface area contributed by atoms with E-state index in [1.54, 1.807) is 11.8 Å². The van der Waals surface area contributed by atoms with E-state index < -0.39 is 0 Å². The number of aryl methyl sites for hydroxylation is 2. The molecule has 1 aliphatic carbocycles. The number of nitrogens with zero attached hydrogens (tertiary/aromatic N) is 2. The summed E-state index contributed by atoms with van der Waals surface area (Å²) in [5, 5.41) is 4.51. The molecule has 0 fully saturated rings. The van der Waals surface area contributed by atoms with Crippen LogP contribution in [0.25, 0.3) is 11.3 Å². The van der Waals surface area contributed by atoms with E-state index in [1.807, 2.05) is 13.1 Å². The van der Waals surface area contributed by atoms with E-state index in [0.717, 1.165) is 29.8 Å². The van der Waals surface area contributed by atoms with Crippen molar-refractivity contribution in [2.45, 2.75) is 32.6 Å². The van der Waals surface area contributed by atoms with Crippen LogP contribution in [-0.4, -0.2) is 16.9 Å². The van der Waals surface area contributed by atoms with Gasteiger partial charge >= 0.3 is 0 Å². The fourth-order valence-corrected chi connectivity index (χ4v) is 3.17. The number of nitrogens with two attached hydrogens (primary N) is 1. The number of rotatable bonds is 2. The summed E-state index contributed by atoms with van der Waals surface area (Å²) in [4.78, 5) is 0. The predicted octanol–water partition coefficient (Wildman–Crippen LogP) is 2.87. The highest BCUT2D eigenvalue weighted by Gasteiger charge is 2.21. The van der Waals surface area contributed by atoms with Gasteiger partial charge in [-0.05, 0) is 55.4 Å². The smallest absolute Gasteiger partial charge is 0.128 e. The molecule has 1 aromatic heterocycles. The fourth-order valence-electron chi connectivity index (χ4n) is 3.17. The van der Waals surface area contributed by atoms with Gasteiger partial charge in [-0.15, -0.1) is 0 Å². The highest BCUT2D eigenvalue weighted by atomic mass is 16.5. The van der Waals surface area contributed by atoms with Gasteiger partial charge in [-0.1, -0.05) is 0 Å². The van der Waals surface area contributed by atoms with Crippen LogP contribution in [0.2, 0.25) is 0 Å². The van der Waals surface area contributed by atoms with E-state index in [1.165, 1.54) is 29.5 Å². The first-order valence-electron chi connectivity index (χ1n) is 7.11. The molecule has 0 atom stereocenters. The Morgan fingerprint density at radius 1 is 1.25 bits per heavy atom. The maximum atomic E-state index is 5.92. The molecule has 0 unspecified atom stereocenters. The van der Waals surface area contributed by atoms with E-state index in [2.05, 4.69) is 18.1 Å². The lowest BCUT2D eigenvalue weighted by atomic mass is 9.85. The fraction of sp³-hybridized carbons (Fsp3) is 0.438. The lowest BCUT2D eigenvalue weighted by Gasteiger charge is -2.22. The molecule has 106 valence electrons. The molecule has 1 aromatic carbocycles. The van der Waals surface area contributed by atoms with Gasteiger partial charge in [-0.3, -0.25) is 4.68 Å². The quantitative estimate of drug-likeness (QED) is 0.913. The summed E-state index contributed by atoms with van der Waals surface area (Å²) in [6, 6.07) is 4.10. The maximum Gasteiger partial charge on any atom is 0.128 e. The van der Waals surface area contributed by atoms with Crippen LogP contribution >= 0.6 is 0 Å². The third kappa shape index (κ3) is 1.96. The normalized spacial score (nSPS) is 14.2. The van der Waals surface area contributed by atoms with Crippen molar-refractivity contribution < 1.29 is 4.74 Å². The molecule has 0 spiro atoms. The molecule has 2 N–H and O–H groups in total. The minimum Gasteiger partial charge on any atom is -0.496 e. The van der Waals surface area contributed by atoms with Crippen LogP contribution in [0.5, 0.6) is 5.75 Å². The maximum absolute atomic E-state index is 5.92. The molecule has 0 amide bonds. The lowest BCUT2D eigenvalue weighted by molar-refractivity contribution is 0.414. The molecule has 1 aliphatic rings. The van der Waals surface area contributed by atoms with Crippen LogP contribution < -0.4 is 10.5 Å². The SMILES string of the molecule is COc1cc2c(c(C)c1-c1cc(N)n(C)n1)CCCC2. The predicted molar refractivity (Wildman–Crippen MR) is 81.0 cm³/mol. The number of methoxy groups -OCH3 is 1. The van der Waals surface area contributed by atoms with Crippen LogP contribution in [0.1, 0.15) is 29.5 Å². The van der Waals surface area contributed by atoms with Gasteiger partial charge in [0, 0.05) is 18.7 Å². The number of anilines is 1. The Bertz CT molecular complexity index is 639. The second-order valence-electron chi connectivity index (χ2n) is 5.50. The molecule has 0 bridgehead atoms. The molecule has 4 heteroatoms. The van der Waals surface area contributed by atoms with Crippen molar-refractivity contribution in [3.63, 3.8) is 0 Å². The third-order valence-corrected chi connectivity index (χ3v) is 4.28. The van der Waals surface area contributed by atoms with Crippen LogP contribution in [0.15, 0.2) is 12.1 Å². The Morgan fingerprint density at radius 3 is 2.65 bits per heavy atom. The van der Waals surface area contributed by atoms with Gasteiger partial charge in [-0.2, -0.15) is 5.10 Å². The van der Waals surface area contributed by atoms with Gasteiger partial charge in [-0.25, -0.2) is 0 Å². The standard InChI is InChI=1S/C16H21N3O/c1-10-12-7-5-4-6-11(12)8-14(20-3)16(10)13-9-15(17)19(2)18-13/h8-9H,4-7,17H2,1-3H3. The Labute approximate surface area is 119 Å². The average Bonchev–Trinajstić information content (AvgIpc) is 2.78. The first kappa shape index (κ1) is 13.0. The Hall–Kier alpha value is -1.97. The van der Waals surface area contributed by atoms with E-state index in [-0.39, 0.29) is 0 Å². The Morgan fingerprint density at radius 2 is 2.00 bits per heavy atom. The summed E-state index contributed by atoms with van der Waals surface area (Å²) in [5.74, 6) is 1.57. The van der Waals surface area contributed by atoms with Crippen molar-refractivity contribution in [1.29, 1.82) is 0 Å². The zero-order valence-corrected chi connectivity index (χ0v) is 12.4. The number of benzene rings is 1. The topological polar surface area (TPSA) is 53.1 Å². The minimum absolute atomic E-state index is 0.666. The van der Waals surface area contributed by atoms with Gasteiger partial charge in [0.1, 0.15) is 11.6 Å². The molecule has 1 heterocycles. The summed E-state index contributed by atoms with van der Waals surface area (Å²) >= 11 is 0. The van der Waals surface area contributed by atoms with Gasteiger partial charge < -0.3 is 10.5 Å². The molecule has 3 rings (SSSR count). The van der Waals surface area contributed by atoms with E-state index in [9.17, 15) is 0 Å². The summed E-state index contributed by atoms with van der Waals surface area (Å²) in [6.07, 6.45) is 4.84. The number of hydrogen-bond acceptors (Lipinski definition) is 3. The Balaban J connectivity index is 2.23. The monoisotopic (exact) mass is 271 g/mol. The van der Waals surface area contributed by atoms with Crippen LogP contribution in [-0.2, 0) is 19.9 Å². The largest absolute Gasteiger partial charge is 0.496 e. The second-order valence-corrected chi connectivity index (χ2v) is 5.50. The highest BCUT2D eigenvalue weighted by Crippen LogP contribution is 2.39. The van der Waals surface area contributed by atoms with E-state index in [4.69, 9.17) is 10.5 Å². The Kier molecular flexibility index (Phi) is 3.16. The van der Waals surface area contributed by atoms with Crippen molar-refractivity contribution in [2.75, 3.05) is 12.8 Å². The first-order chi connectivity index (χ1) is 9.61. The zero-order valence-electron chi connectivity index (χ0n) is 12.4. The number of nitrogen functional groups attached to an aromatic ring is 1. The molecule has 0 saturated carbocycles. The molecule has 20 heavy (non-hydrogen) atoms. The molecule has 2 aromatic rings. The van der Waals surface area contributed by atoms with Crippen LogP contribution in [0, 0.1) is 6.92 Å². The van der Waals surface area contributed by atoms with Crippen molar-refractivity contribution in [3.05, 3.63) is 28.8 Å². The molecule has 0 aliphatic heterocycles. The second kappa shape index (κ2) is 4.85. The van der Waals surface area contributed by atoms with Gasteiger partial charge in [0.25, 0.3) is 0 Å². The van der Waals surface area contributed by atoms with E-state index >= 15 is 0 Å². The first-order valence-corrected chi connectivity index (χ1v) is 7.11. The molecule has 4 nitrogen and oxygen atoms in total. The van der Waals surface area contributed by atoms with Crippen LogP contribution in [0.4, 0.5) is 5.82 Å². The van der Waals surface area contributed by atoms with Crippen molar-refractivity contribution in [1.82, 2.24) is 9.78 Å². The van der Waals surface area contributed by atoms with Crippen molar-refractivity contribution in [2.24, 2.45) is 7.05 Å². The zero-order chi connectivity index (χ0) is 14.3. The number of hydrogen-bond donors (Lipinski definition) is 1. The lowest BCUT2D eigenvalue weighted by Crippen LogP contribution is -2.07. The van der Waals surface area contributed by atoms with Crippen molar-refractivity contribution >= 4 is 5.82 Å². The van der Waals surface area contributed by atoms with Crippen LogP contribution in [0.3, 0.4) is 0 Å². The molecular weight excluding hydrogens is 250 g/mol. The minimum atomic E-state index is 0.666. The number of aromatic nitrogens is 2.